The Bertz CT molecular complexity index is 363. The Balaban J connectivity index is 2.46. The van der Waals surface area contributed by atoms with Gasteiger partial charge in [0.1, 0.15) is 5.75 Å². The van der Waals surface area contributed by atoms with Crippen LogP contribution in [0.15, 0.2) is 24.3 Å². The third-order valence-electron chi connectivity index (χ3n) is 2.28. The van der Waals surface area contributed by atoms with Crippen molar-refractivity contribution >= 4 is 5.91 Å². The van der Waals surface area contributed by atoms with E-state index >= 15 is 0 Å². The van der Waals surface area contributed by atoms with Crippen molar-refractivity contribution in [2.75, 3.05) is 13.2 Å². The van der Waals surface area contributed by atoms with Gasteiger partial charge in [-0.05, 0) is 31.0 Å². The summed E-state index contributed by atoms with van der Waals surface area (Å²) in [4.78, 5) is 11.3. The van der Waals surface area contributed by atoms with Crippen molar-refractivity contribution in [1.29, 1.82) is 0 Å². The lowest BCUT2D eigenvalue weighted by atomic mass is 10.1. The lowest BCUT2D eigenvalue weighted by Gasteiger charge is -2.09. The Labute approximate surface area is 102 Å². The van der Waals surface area contributed by atoms with Crippen LogP contribution < -0.4 is 10.1 Å². The molecule has 1 atom stereocenters. The fraction of sp³-hybridized carbons (Fsp3) is 0.462. The van der Waals surface area contributed by atoms with Gasteiger partial charge in [-0.15, -0.1) is 0 Å². The molecule has 0 fully saturated rings. The molecule has 1 aromatic rings. The van der Waals surface area contributed by atoms with Gasteiger partial charge in [0.15, 0.2) is 6.61 Å². The molecule has 4 heteroatoms. The summed E-state index contributed by atoms with van der Waals surface area (Å²) in [5.74, 6) is 0.462. The Morgan fingerprint density at radius 2 is 2.29 bits per heavy atom. The first-order valence-electron chi connectivity index (χ1n) is 5.81. The van der Waals surface area contributed by atoms with Gasteiger partial charge >= 0.3 is 0 Å². The lowest BCUT2D eigenvalue weighted by Crippen LogP contribution is -2.29. The number of carbonyl (C=O) groups excluding carboxylic acids is 1. The predicted octanol–water partition coefficient (Wildman–Crippen LogP) is 1.64. The van der Waals surface area contributed by atoms with E-state index in [9.17, 15) is 9.90 Å². The minimum Gasteiger partial charge on any atom is -0.484 e. The van der Waals surface area contributed by atoms with E-state index in [1.165, 1.54) is 0 Å². The van der Waals surface area contributed by atoms with Gasteiger partial charge in [0.05, 0.1) is 6.10 Å². The van der Waals surface area contributed by atoms with E-state index in [-0.39, 0.29) is 12.5 Å². The van der Waals surface area contributed by atoms with Crippen LogP contribution in [-0.4, -0.2) is 24.2 Å². The predicted molar refractivity (Wildman–Crippen MR) is 65.9 cm³/mol. The van der Waals surface area contributed by atoms with Gasteiger partial charge in [-0.2, -0.15) is 0 Å². The van der Waals surface area contributed by atoms with Gasteiger partial charge in [0.2, 0.25) is 0 Å². The van der Waals surface area contributed by atoms with Crippen LogP contribution in [0.1, 0.15) is 31.9 Å². The van der Waals surface area contributed by atoms with Gasteiger partial charge in [-0.1, -0.05) is 19.1 Å². The van der Waals surface area contributed by atoms with Gasteiger partial charge in [0, 0.05) is 6.54 Å². The van der Waals surface area contributed by atoms with E-state index in [1.54, 1.807) is 25.1 Å². The number of carbonyl (C=O) groups is 1. The molecule has 94 valence electrons. The molecule has 0 saturated heterocycles. The number of aliphatic hydroxyl groups is 1. The summed E-state index contributed by atoms with van der Waals surface area (Å²) >= 11 is 0. The Morgan fingerprint density at radius 1 is 1.53 bits per heavy atom. The minimum atomic E-state index is -0.535. The highest BCUT2D eigenvalue weighted by molar-refractivity contribution is 5.77. The average Bonchev–Trinajstić information content (AvgIpc) is 2.34. The zero-order valence-electron chi connectivity index (χ0n) is 10.3. The van der Waals surface area contributed by atoms with Crippen molar-refractivity contribution < 1.29 is 14.6 Å². The molecule has 17 heavy (non-hydrogen) atoms. The van der Waals surface area contributed by atoms with Crippen LogP contribution in [0.4, 0.5) is 0 Å². The summed E-state index contributed by atoms with van der Waals surface area (Å²) in [7, 11) is 0. The first kappa shape index (κ1) is 13.5. The van der Waals surface area contributed by atoms with Crippen LogP contribution >= 0.6 is 0 Å². The average molecular weight is 237 g/mol. The molecule has 4 nitrogen and oxygen atoms in total. The number of nitrogens with one attached hydrogen (secondary N) is 1. The van der Waals surface area contributed by atoms with Crippen LogP contribution in [0, 0.1) is 0 Å². The van der Waals surface area contributed by atoms with E-state index in [0.29, 0.717) is 12.3 Å². The van der Waals surface area contributed by atoms with Gasteiger partial charge in [-0.3, -0.25) is 4.79 Å². The molecule has 0 aromatic heterocycles. The number of rotatable bonds is 6. The van der Waals surface area contributed by atoms with Crippen LogP contribution in [0.5, 0.6) is 5.75 Å². The maximum Gasteiger partial charge on any atom is 0.257 e. The molecular formula is C13H19NO3. The molecule has 0 bridgehead atoms. The summed E-state index contributed by atoms with van der Waals surface area (Å²) in [6.45, 7) is 4.35. The van der Waals surface area contributed by atoms with Crippen molar-refractivity contribution in [3.63, 3.8) is 0 Å². The van der Waals surface area contributed by atoms with E-state index in [0.717, 1.165) is 12.0 Å². The maximum atomic E-state index is 11.3. The summed E-state index contributed by atoms with van der Waals surface area (Å²) in [6, 6.07) is 7.10. The molecule has 1 aromatic carbocycles. The van der Waals surface area contributed by atoms with Crippen LogP contribution in [0.2, 0.25) is 0 Å². The number of ether oxygens (including phenoxy) is 1. The third kappa shape index (κ3) is 4.87. The number of hydrogen-bond acceptors (Lipinski definition) is 3. The van der Waals surface area contributed by atoms with E-state index < -0.39 is 6.10 Å². The molecule has 1 unspecified atom stereocenters. The topological polar surface area (TPSA) is 58.6 Å². The molecule has 0 aliphatic carbocycles. The Kier molecular flexibility index (Phi) is 5.49. The smallest absolute Gasteiger partial charge is 0.257 e. The highest BCUT2D eigenvalue weighted by Gasteiger charge is 2.04. The van der Waals surface area contributed by atoms with E-state index in [2.05, 4.69) is 5.32 Å². The first-order chi connectivity index (χ1) is 8.13. The fourth-order valence-electron chi connectivity index (χ4n) is 1.33. The number of aliphatic hydroxyl groups excluding tert-OH is 1. The van der Waals surface area contributed by atoms with Crippen molar-refractivity contribution in [2.24, 2.45) is 0 Å². The van der Waals surface area contributed by atoms with Crippen LogP contribution in [0.25, 0.3) is 0 Å². The summed E-state index contributed by atoms with van der Waals surface area (Å²) in [5.41, 5.74) is 0.775. The second kappa shape index (κ2) is 6.91. The number of hydrogen-bond donors (Lipinski definition) is 2. The molecule has 0 radical (unpaired) electrons. The third-order valence-corrected chi connectivity index (χ3v) is 2.28. The molecule has 2 N–H and O–H groups in total. The van der Waals surface area contributed by atoms with E-state index in [4.69, 9.17) is 4.74 Å². The maximum absolute atomic E-state index is 11.3. The fourth-order valence-corrected chi connectivity index (χ4v) is 1.33. The molecule has 0 aliphatic heterocycles. The van der Waals surface area contributed by atoms with E-state index in [1.807, 2.05) is 13.0 Å². The molecule has 0 aliphatic rings. The van der Waals surface area contributed by atoms with Crippen molar-refractivity contribution in [2.45, 2.75) is 26.4 Å². The molecule has 1 rings (SSSR count). The van der Waals surface area contributed by atoms with Gasteiger partial charge in [-0.25, -0.2) is 0 Å². The molecule has 0 saturated carbocycles. The largest absolute Gasteiger partial charge is 0.484 e. The SMILES string of the molecule is CCCNC(=O)COc1cccc(C(C)O)c1. The second-order valence-electron chi connectivity index (χ2n) is 3.89. The van der Waals surface area contributed by atoms with Crippen LogP contribution in [0.3, 0.4) is 0 Å². The zero-order chi connectivity index (χ0) is 12.7. The number of benzene rings is 1. The minimum absolute atomic E-state index is 0.00324. The quantitative estimate of drug-likeness (QED) is 0.791. The van der Waals surface area contributed by atoms with Crippen molar-refractivity contribution in [3.05, 3.63) is 29.8 Å². The first-order valence-corrected chi connectivity index (χ1v) is 5.81. The van der Waals surface area contributed by atoms with Gasteiger partial charge in [0.25, 0.3) is 5.91 Å². The standard InChI is InChI=1S/C13H19NO3/c1-3-7-14-13(16)9-17-12-6-4-5-11(8-12)10(2)15/h4-6,8,10,15H,3,7,9H2,1-2H3,(H,14,16). The van der Waals surface area contributed by atoms with Gasteiger partial charge < -0.3 is 15.2 Å². The number of amides is 1. The highest BCUT2D eigenvalue weighted by Crippen LogP contribution is 2.18. The Morgan fingerprint density at radius 3 is 2.94 bits per heavy atom. The summed E-state index contributed by atoms with van der Waals surface area (Å²) in [5, 5.41) is 12.1. The normalized spacial score (nSPS) is 11.9. The van der Waals surface area contributed by atoms with Crippen molar-refractivity contribution in [1.82, 2.24) is 5.32 Å². The monoisotopic (exact) mass is 237 g/mol. The molecule has 1 amide bonds. The highest BCUT2D eigenvalue weighted by atomic mass is 16.5. The Hall–Kier alpha value is -1.55. The molecular weight excluding hydrogens is 218 g/mol. The second-order valence-corrected chi connectivity index (χ2v) is 3.89. The molecule has 0 heterocycles. The zero-order valence-corrected chi connectivity index (χ0v) is 10.3. The lowest BCUT2D eigenvalue weighted by molar-refractivity contribution is -0.123. The molecule has 0 spiro atoms. The summed E-state index contributed by atoms with van der Waals surface area (Å²) < 4.78 is 5.33. The summed E-state index contributed by atoms with van der Waals surface area (Å²) in [6.07, 6.45) is 0.371. The van der Waals surface area contributed by atoms with Crippen LogP contribution in [-0.2, 0) is 4.79 Å². The van der Waals surface area contributed by atoms with Crippen molar-refractivity contribution in [3.8, 4) is 5.75 Å².